The number of rotatable bonds is 0. The van der Waals surface area contributed by atoms with Gasteiger partial charge in [-0.05, 0) is 43.1 Å². The highest BCUT2D eigenvalue weighted by Gasteiger charge is 2.11. The summed E-state index contributed by atoms with van der Waals surface area (Å²) in [6.07, 6.45) is -3.00. The smallest absolute Gasteiger partial charge is 0.449 e. The Morgan fingerprint density at radius 2 is 1.00 bits per heavy atom. The fourth-order valence-corrected chi connectivity index (χ4v) is 3.67. The van der Waals surface area contributed by atoms with E-state index in [4.69, 9.17) is 5.11 Å². The minimum atomic E-state index is -1.69. The van der Waals surface area contributed by atoms with Crippen LogP contribution in [0.5, 0.6) is 0 Å². The predicted molar refractivity (Wildman–Crippen MR) is 106 cm³/mol. The quantitative estimate of drug-likeness (QED) is 0.166. The number of ether oxygens (including phenoxy) is 1. The summed E-state index contributed by atoms with van der Waals surface area (Å²) in [7, 11) is 0. The molecule has 3 N–H and O–H groups in total. The zero-order valence-electron chi connectivity index (χ0n) is 14.2. The molecule has 1 amide bonds. The minimum absolute atomic E-state index is 1.31. The Balaban J connectivity index is 0.000000224. The number of carbonyl (C=O) groups is 2. The van der Waals surface area contributed by atoms with E-state index < -0.39 is 12.2 Å². The summed E-state index contributed by atoms with van der Waals surface area (Å²) in [5.41, 5.74) is 4.25. The van der Waals surface area contributed by atoms with Gasteiger partial charge in [0.1, 0.15) is 0 Å². The van der Waals surface area contributed by atoms with Gasteiger partial charge in [0.2, 0.25) is 0 Å². The number of amides is 1. The highest BCUT2D eigenvalue weighted by molar-refractivity contribution is 6.32. The van der Waals surface area contributed by atoms with E-state index >= 15 is 0 Å². The molecule has 0 saturated carbocycles. The van der Waals surface area contributed by atoms with Crippen LogP contribution in [0.25, 0.3) is 43.1 Å². The van der Waals surface area contributed by atoms with Crippen LogP contribution in [0.1, 0.15) is 0 Å². The molecule has 0 aromatic heterocycles. The van der Waals surface area contributed by atoms with Gasteiger partial charge in [0, 0.05) is 0 Å². The van der Waals surface area contributed by atoms with Crippen molar-refractivity contribution in [3.05, 3.63) is 72.8 Å². The van der Waals surface area contributed by atoms with Gasteiger partial charge in [-0.25, -0.2) is 9.59 Å². The fourth-order valence-electron chi connectivity index (χ4n) is 3.67. The third-order valence-electron chi connectivity index (χ3n) is 4.58. The van der Waals surface area contributed by atoms with E-state index in [2.05, 4.69) is 83.3 Å². The molecule has 0 heterocycles. The van der Waals surface area contributed by atoms with E-state index in [1.54, 1.807) is 0 Å². The molecule has 0 bridgehead atoms. The molecule has 27 heavy (non-hydrogen) atoms. The maximum absolute atomic E-state index is 9.43. The Hall–Kier alpha value is -3.86. The zero-order chi connectivity index (χ0) is 19.0. The summed E-state index contributed by atoms with van der Waals surface area (Å²) in [6, 6.07) is 26.4. The van der Waals surface area contributed by atoms with E-state index in [-0.39, 0.29) is 0 Å². The van der Waals surface area contributed by atoms with Gasteiger partial charge < -0.3 is 15.6 Å². The molecule has 0 fully saturated rings. The first-order valence-corrected chi connectivity index (χ1v) is 8.30. The summed E-state index contributed by atoms with van der Waals surface area (Å²) in [5.74, 6) is 0. The Bertz CT molecular complexity index is 1130. The highest BCUT2D eigenvalue weighted by Crippen LogP contribution is 2.39. The second-order valence-electron chi connectivity index (χ2n) is 6.11. The van der Waals surface area contributed by atoms with Crippen molar-refractivity contribution in [2.75, 3.05) is 0 Å². The van der Waals surface area contributed by atoms with Crippen molar-refractivity contribution in [1.82, 2.24) is 0 Å². The maximum atomic E-state index is 9.43. The van der Waals surface area contributed by atoms with Crippen LogP contribution < -0.4 is 5.73 Å². The molecule has 5 heteroatoms. The van der Waals surface area contributed by atoms with E-state index in [0.717, 1.165) is 0 Å². The lowest BCUT2D eigenvalue weighted by Crippen LogP contribution is -2.16. The first-order valence-electron chi connectivity index (χ1n) is 8.30. The first kappa shape index (κ1) is 16.6. The van der Waals surface area contributed by atoms with Crippen LogP contribution in [0.3, 0.4) is 0 Å². The zero-order valence-corrected chi connectivity index (χ0v) is 14.2. The van der Waals surface area contributed by atoms with Crippen molar-refractivity contribution >= 4 is 55.3 Å². The molecular weight excluding hydrogens is 342 g/mol. The molecule has 5 nitrogen and oxygen atoms in total. The van der Waals surface area contributed by atoms with Crippen molar-refractivity contribution in [3.63, 3.8) is 0 Å². The van der Waals surface area contributed by atoms with Gasteiger partial charge in [-0.2, -0.15) is 0 Å². The van der Waals surface area contributed by atoms with Crippen LogP contribution in [0.2, 0.25) is 0 Å². The second kappa shape index (κ2) is 6.46. The average molecular weight is 357 g/mol. The van der Waals surface area contributed by atoms with E-state index in [0.29, 0.717) is 0 Å². The fraction of sp³-hybridized carbons (Fsp3) is 0. The highest BCUT2D eigenvalue weighted by atomic mass is 16.7. The van der Waals surface area contributed by atoms with Crippen LogP contribution in [-0.4, -0.2) is 17.4 Å². The molecule has 5 aromatic rings. The van der Waals surface area contributed by atoms with Gasteiger partial charge in [-0.3, -0.25) is 0 Å². The first-order chi connectivity index (χ1) is 13.1. The number of fused-ring (bicyclic) bond motifs is 2. The SMILES string of the molecule is NC(=O)OC(=O)O.c1cc2cccc3c4cccc5cccc(c(c1)c23)c54. The lowest BCUT2D eigenvalue weighted by Gasteiger charge is -2.13. The van der Waals surface area contributed by atoms with Crippen LogP contribution in [-0.2, 0) is 4.74 Å². The number of hydrogen-bond acceptors (Lipinski definition) is 3. The lowest BCUT2D eigenvalue weighted by molar-refractivity contribution is 0.114. The molecule has 0 aliphatic rings. The van der Waals surface area contributed by atoms with Crippen LogP contribution in [0, 0.1) is 0 Å². The maximum Gasteiger partial charge on any atom is 0.514 e. The van der Waals surface area contributed by atoms with E-state index in [9.17, 15) is 9.59 Å². The molecular formula is C22H15NO4. The summed E-state index contributed by atoms with van der Waals surface area (Å²) in [4.78, 5) is 18.7. The Labute approximate surface area is 153 Å². The molecule has 0 aliphatic carbocycles. The van der Waals surface area contributed by atoms with Crippen molar-refractivity contribution in [2.45, 2.75) is 0 Å². The number of benzene rings is 5. The number of nitrogens with two attached hydrogens (primary N) is 1. The molecule has 5 aromatic carbocycles. The third kappa shape index (κ3) is 2.85. The Morgan fingerprint density at radius 3 is 1.22 bits per heavy atom. The van der Waals surface area contributed by atoms with Crippen LogP contribution >= 0.6 is 0 Å². The van der Waals surface area contributed by atoms with Crippen molar-refractivity contribution in [3.8, 4) is 0 Å². The molecule has 0 aliphatic heterocycles. The Morgan fingerprint density at radius 1 is 0.667 bits per heavy atom. The molecule has 132 valence electrons. The lowest BCUT2D eigenvalue weighted by atomic mass is 9.90. The molecule has 0 saturated heterocycles. The van der Waals surface area contributed by atoms with E-state index in [1.807, 2.05) is 0 Å². The summed E-state index contributed by atoms with van der Waals surface area (Å²) in [6.45, 7) is 0. The van der Waals surface area contributed by atoms with Gasteiger partial charge in [-0.15, -0.1) is 0 Å². The van der Waals surface area contributed by atoms with Gasteiger partial charge >= 0.3 is 12.2 Å². The number of carbonyl (C=O) groups excluding carboxylic acids is 1. The minimum Gasteiger partial charge on any atom is -0.449 e. The van der Waals surface area contributed by atoms with Gasteiger partial charge in [-0.1, -0.05) is 72.8 Å². The van der Waals surface area contributed by atoms with Crippen LogP contribution in [0.15, 0.2) is 72.8 Å². The number of hydrogen-bond donors (Lipinski definition) is 2. The van der Waals surface area contributed by atoms with Crippen molar-refractivity contribution in [1.29, 1.82) is 0 Å². The molecule has 5 rings (SSSR count). The number of carboxylic acid groups (broad SMARTS) is 1. The van der Waals surface area contributed by atoms with E-state index in [1.165, 1.54) is 43.1 Å². The summed E-state index contributed by atoms with van der Waals surface area (Å²) < 4.78 is 3.31. The third-order valence-corrected chi connectivity index (χ3v) is 4.58. The van der Waals surface area contributed by atoms with Gasteiger partial charge in [0.05, 0.1) is 0 Å². The molecule has 0 spiro atoms. The van der Waals surface area contributed by atoms with Gasteiger partial charge in [0.25, 0.3) is 0 Å². The van der Waals surface area contributed by atoms with Gasteiger partial charge in [0.15, 0.2) is 0 Å². The summed E-state index contributed by atoms with van der Waals surface area (Å²) in [5, 5.41) is 18.4. The van der Waals surface area contributed by atoms with Crippen molar-refractivity contribution < 1.29 is 19.4 Å². The molecule has 0 atom stereocenters. The standard InChI is InChI=1S/C20H12.C2H3NO4/c1-5-13-6-2-11-17-18-12-4-8-14-7-3-10-16(20(14)18)15(9-1)19(13)17;3-1(4)7-2(5)6/h1-12H;(H2,3,4)(H,5,6). The summed E-state index contributed by atoms with van der Waals surface area (Å²) >= 11 is 0. The number of primary amides is 1. The average Bonchev–Trinajstić information content (AvgIpc) is 2.65. The van der Waals surface area contributed by atoms with Crippen molar-refractivity contribution in [2.24, 2.45) is 5.73 Å². The van der Waals surface area contributed by atoms with Crippen LogP contribution in [0.4, 0.5) is 9.59 Å². The predicted octanol–water partition coefficient (Wildman–Crippen LogP) is 5.50. The second-order valence-corrected chi connectivity index (χ2v) is 6.11. The topological polar surface area (TPSA) is 89.6 Å². The normalized spacial score (nSPS) is 10.8. The Kier molecular flexibility index (Phi) is 3.97. The molecule has 0 unspecified atom stereocenters. The molecule has 0 radical (unpaired) electrons. The largest absolute Gasteiger partial charge is 0.514 e. The monoisotopic (exact) mass is 357 g/mol.